The van der Waals surface area contributed by atoms with Gasteiger partial charge in [-0.1, -0.05) is 0 Å². The summed E-state index contributed by atoms with van der Waals surface area (Å²) >= 11 is 0. The maximum atomic E-state index is 13.4. The Morgan fingerprint density at radius 3 is 2.03 bits per heavy atom. The molecular formula is C24H19F9N4. The third kappa shape index (κ3) is 4.59. The van der Waals surface area contributed by atoms with E-state index in [-0.39, 0.29) is 23.4 Å². The Balaban J connectivity index is 1.59. The Morgan fingerprint density at radius 1 is 0.811 bits per heavy atom. The first-order valence-electron chi connectivity index (χ1n) is 11.2. The first-order chi connectivity index (χ1) is 17.1. The standard InChI is InChI=1S/C24H19F9N4/c1-11-20-19(37(36-11)16-7-14(23(28,29)30)6-15(8-16)24(31,32)33)5-2-12-10-34-18-9-13(22(25,26)27)3-4-17(18)35-21(12)20/h3-4,6-9,12,21,34-35H,2,5,10H2,1H3. The summed E-state index contributed by atoms with van der Waals surface area (Å²) in [6.07, 6.45) is -13.7. The van der Waals surface area contributed by atoms with Gasteiger partial charge in [0.15, 0.2) is 0 Å². The van der Waals surface area contributed by atoms with Crippen LogP contribution >= 0.6 is 0 Å². The molecule has 2 heterocycles. The molecule has 1 aliphatic carbocycles. The van der Waals surface area contributed by atoms with Crippen molar-refractivity contribution >= 4 is 11.4 Å². The Kier molecular flexibility index (Phi) is 5.68. The molecule has 0 saturated heterocycles. The zero-order valence-electron chi connectivity index (χ0n) is 19.0. The van der Waals surface area contributed by atoms with Crippen LogP contribution in [0.1, 0.15) is 46.1 Å². The third-order valence-corrected chi connectivity index (χ3v) is 6.77. The molecule has 198 valence electrons. The molecule has 2 aromatic carbocycles. The second kappa shape index (κ2) is 8.32. The number of alkyl halides is 9. The van der Waals surface area contributed by atoms with E-state index in [0.29, 0.717) is 54.2 Å². The molecular weight excluding hydrogens is 515 g/mol. The van der Waals surface area contributed by atoms with Crippen LogP contribution in [0.2, 0.25) is 0 Å². The predicted octanol–water partition coefficient (Wildman–Crippen LogP) is 7.38. The highest BCUT2D eigenvalue weighted by Gasteiger charge is 2.40. The molecule has 0 amide bonds. The van der Waals surface area contributed by atoms with Crippen molar-refractivity contribution < 1.29 is 39.5 Å². The minimum absolute atomic E-state index is 0.0625. The van der Waals surface area contributed by atoms with Gasteiger partial charge in [0.1, 0.15) is 0 Å². The van der Waals surface area contributed by atoms with Crippen molar-refractivity contribution in [2.24, 2.45) is 5.92 Å². The second-order valence-electron chi connectivity index (χ2n) is 9.18. The zero-order valence-corrected chi connectivity index (χ0v) is 19.0. The smallest absolute Gasteiger partial charge is 0.383 e. The van der Waals surface area contributed by atoms with Crippen molar-refractivity contribution in [1.29, 1.82) is 0 Å². The number of fused-ring (bicyclic) bond motifs is 4. The summed E-state index contributed by atoms with van der Waals surface area (Å²) in [4.78, 5) is 0. The Bertz CT molecular complexity index is 1320. The van der Waals surface area contributed by atoms with Crippen molar-refractivity contribution in [3.8, 4) is 5.69 Å². The average molecular weight is 534 g/mol. The summed E-state index contributed by atoms with van der Waals surface area (Å²) in [5.74, 6) is -0.113. The largest absolute Gasteiger partial charge is 0.416 e. The summed E-state index contributed by atoms with van der Waals surface area (Å²) in [6.45, 7) is 1.92. The maximum absolute atomic E-state index is 13.4. The Hall–Kier alpha value is -3.38. The zero-order chi connectivity index (χ0) is 26.9. The van der Waals surface area contributed by atoms with Gasteiger partial charge in [-0.25, -0.2) is 4.68 Å². The lowest BCUT2D eigenvalue weighted by Gasteiger charge is -2.32. The van der Waals surface area contributed by atoms with E-state index in [2.05, 4.69) is 15.7 Å². The lowest BCUT2D eigenvalue weighted by atomic mass is 9.81. The van der Waals surface area contributed by atoms with Crippen LogP contribution in [0.25, 0.3) is 5.69 Å². The third-order valence-electron chi connectivity index (χ3n) is 6.77. The first-order valence-corrected chi connectivity index (χ1v) is 11.2. The summed E-state index contributed by atoms with van der Waals surface area (Å²) in [7, 11) is 0. The normalized spacial score (nSPS) is 19.7. The number of aromatic nitrogens is 2. The van der Waals surface area contributed by atoms with Crippen LogP contribution in [-0.4, -0.2) is 16.3 Å². The van der Waals surface area contributed by atoms with Crippen molar-refractivity contribution in [3.05, 3.63) is 70.0 Å². The van der Waals surface area contributed by atoms with E-state index < -0.39 is 41.3 Å². The molecule has 2 unspecified atom stereocenters. The highest BCUT2D eigenvalue weighted by Crippen LogP contribution is 2.45. The average Bonchev–Trinajstić information content (AvgIpc) is 3.01. The monoisotopic (exact) mass is 534 g/mol. The van der Waals surface area contributed by atoms with E-state index in [0.717, 1.165) is 16.8 Å². The first kappa shape index (κ1) is 25.3. The van der Waals surface area contributed by atoms with Crippen molar-refractivity contribution in [2.45, 2.75) is 44.3 Å². The highest BCUT2D eigenvalue weighted by atomic mass is 19.4. The molecule has 2 atom stereocenters. The predicted molar refractivity (Wildman–Crippen MR) is 116 cm³/mol. The number of anilines is 2. The molecule has 0 spiro atoms. The number of nitrogens with one attached hydrogen (secondary N) is 2. The quantitative estimate of drug-likeness (QED) is 0.320. The number of benzene rings is 2. The fourth-order valence-corrected chi connectivity index (χ4v) is 5.04. The van der Waals surface area contributed by atoms with Gasteiger partial charge in [0, 0.05) is 23.7 Å². The summed E-state index contributed by atoms with van der Waals surface area (Å²) in [5.41, 5.74) is -1.96. The van der Waals surface area contributed by atoms with Crippen molar-refractivity contribution in [3.63, 3.8) is 0 Å². The SMILES string of the molecule is Cc1nn(-c2cc(C(F)(F)F)cc(C(F)(F)F)c2)c2c1C1Nc3ccc(C(F)(F)F)cc3NCC1CC2. The summed E-state index contributed by atoms with van der Waals surface area (Å²) < 4.78 is 121. The van der Waals surface area contributed by atoms with Gasteiger partial charge in [0.05, 0.1) is 45.5 Å². The van der Waals surface area contributed by atoms with Crippen LogP contribution in [-0.2, 0) is 24.9 Å². The van der Waals surface area contributed by atoms with Crippen LogP contribution in [0.4, 0.5) is 50.9 Å². The van der Waals surface area contributed by atoms with Gasteiger partial charge in [-0.15, -0.1) is 0 Å². The van der Waals surface area contributed by atoms with Gasteiger partial charge in [-0.05, 0) is 56.2 Å². The van der Waals surface area contributed by atoms with E-state index in [9.17, 15) is 39.5 Å². The van der Waals surface area contributed by atoms with Crippen molar-refractivity contribution in [1.82, 2.24) is 9.78 Å². The molecule has 5 rings (SSSR count). The summed E-state index contributed by atoms with van der Waals surface area (Å²) in [5, 5.41) is 10.6. The van der Waals surface area contributed by atoms with Gasteiger partial charge in [0.2, 0.25) is 0 Å². The van der Waals surface area contributed by atoms with Crippen LogP contribution in [0, 0.1) is 12.8 Å². The van der Waals surface area contributed by atoms with Gasteiger partial charge < -0.3 is 10.6 Å². The fourth-order valence-electron chi connectivity index (χ4n) is 5.04. The Labute approximate surface area is 204 Å². The molecule has 0 bridgehead atoms. The molecule has 0 fully saturated rings. The lowest BCUT2D eigenvalue weighted by Crippen LogP contribution is -2.30. The van der Waals surface area contributed by atoms with Crippen molar-refractivity contribution in [2.75, 3.05) is 17.2 Å². The van der Waals surface area contributed by atoms with Gasteiger partial charge in [0.25, 0.3) is 0 Å². The minimum Gasteiger partial charge on any atom is -0.383 e. The van der Waals surface area contributed by atoms with Crippen LogP contribution < -0.4 is 10.6 Å². The number of rotatable bonds is 1. The number of halogens is 9. The van der Waals surface area contributed by atoms with E-state index >= 15 is 0 Å². The van der Waals surface area contributed by atoms with Crippen LogP contribution in [0.15, 0.2) is 36.4 Å². The van der Waals surface area contributed by atoms with E-state index in [1.165, 1.54) is 6.07 Å². The van der Waals surface area contributed by atoms with E-state index in [1.807, 2.05) is 0 Å². The molecule has 0 radical (unpaired) electrons. The summed E-state index contributed by atoms with van der Waals surface area (Å²) in [6, 6.07) is 4.09. The highest BCUT2D eigenvalue weighted by molar-refractivity contribution is 5.72. The fraction of sp³-hybridized carbons (Fsp3) is 0.375. The number of aryl methyl sites for hydroxylation is 1. The van der Waals surface area contributed by atoms with E-state index in [1.54, 1.807) is 6.92 Å². The molecule has 4 nitrogen and oxygen atoms in total. The number of hydrogen-bond acceptors (Lipinski definition) is 3. The number of hydrogen-bond donors (Lipinski definition) is 2. The second-order valence-corrected chi connectivity index (χ2v) is 9.18. The molecule has 0 saturated carbocycles. The molecule has 3 aromatic rings. The number of nitrogens with zero attached hydrogens (tertiary/aromatic N) is 2. The minimum atomic E-state index is -5.00. The lowest BCUT2D eigenvalue weighted by molar-refractivity contribution is -0.143. The molecule has 1 aromatic heterocycles. The topological polar surface area (TPSA) is 41.9 Å². The molecule has 2 aliphatic rings. The van der Waals surface area contributed by atoms with Crippen LogP contribution in [0.3, 0.4) is 0 Å². The van der Waals surface area contributed by atoms with Crippen LogP contribution in [0.5, 0.6) is 0 Å². The van der Waals surface area contributed by atoms with E-state index in [4.69, 9.17) is 0 Å². The van der Waals surface area contributed by atoms with Gasteiger partial charge in [-0.3, -0.25) is 0 Å². The van der Waals surface area contributed by atoms with Gasteiger partial charge in [-0.2, -0.15) is 44.6 Å². The maximum Gasteiger partial charge on any atom is 0.416 e. The molecule has 13 heteroatoms. The Morgan fingerprint density at radius 2 is 1.43 bits per heavy atom. The molecule has 37 heavy (non-hydrogen) atoms. The van der Waals surface area contributed by atoms with Gasteiger partial charge >= 0.3 is 18.5 Å². The molecule has 2 N–H and O–H groups in total. The molecule has 1 aliphatic heterocycles.